The van der Waals surface area contributed by atoms with Crippen LogP contribution in [0.1, 0.15) is 43.6 Å². The van der Waals surface area contributed by atoms with Crippen LogP contribution < -0.4 is 0 Å². The average molecular weight is 289 g/mol. The molecular weight excluding hydrogens is 270 g/mol. The molecule has 2 aliphatic rings. The summed E-state index contributed by atoms with van der Waals surface area (Å²) in [5, 5.41) is 8.85. The van der Waals surface area contributed by atoms with Crippen LogP contribution in [0.3, 0.4) is 0 Å². The number of carbonyl (C=O) groups is 2. The lowest BCUT2D eigenvalue weighted by Gasteiger charge is -2.17. The summed E-state index contributed by atoms with van der Waals surface area (Å²) in [5.74, 6) is 1.56. The zero-order valence-corrected chi connectivity index (χ0v) is 12.0. The van der Waals surface area contributed by atoms with E-state index in [-0.39, 0.29) is 18.5 Å². The molecule has 0 bridgehead atoms. The molecule has 2 unspecified atom stereocenters. The molecule has 1 amide bonds. The number of hydrogen-bond acceptors (Lipinski definition) is 3. The van der Waals surface area contributed by atoms with Gasteiger partial charge in [-0.15, -0.1) is 0 Å². The molecule has 1 N–H and O–H groups in total. The number of furan rings is 1. The van der Waals surface area contributed by atoms with Gasteiger partial charge in [0, 0.05) is 18.0 Å². The molecule has 0 radical (unpaired) electrons. The normalized spacial score (nSPS) is 24.2. The van der Waals surface area contributed by atoms with E-state index < -0.39 is 5.97 Å². The highest BCUT2D eigenvalue weighted by Gasteiger charge is 2.36. The number of nitrogens with zero attached hydrogens (tertiary/aromatic N) is 1. The Morgan fingerprint density at radius 2 is 2.14 bits per heavy atom. The van der Waals surface area contributed by atoms with Crippen molar-refractivity contribution in [3.63, 3.8) is 0 Å². The van der Waals surface area contributed by atoms with Gasteiger partial charge in [0.15, 0.2) is 0 Å². The Hall–Kier alpha value is -2.04. The van der Waals surface area contributed by atoms with Gasteiger partial charge in [0.2, 0.25) is 5.91 Å². The summed E-state index contributed by atoms with van der Waals surface area (Å²) in [6.45, 7) is 1.95. The van der Waals surface area contributed by atoms with Crippen molar-refractivity contribution in [2.45, 2.75) is 38.1 Å². The summed E-state index contributed by atoms with van der Waals surface area (Å²) >= 11 is 0. The molecule has 2 aliphatic carbocycles. The molecule has 3 rings (SSSR count). The van der Waals surface area contributed by atoms with E-state index in [1.165, 1.54) is 11.0 Å². The minimum atomic E-state index is -0.980. The lowest BCUT2D eigenvalue weighted by molar-refractivity contribution is -0.143. The van der Waals surface area contributed by atoms with Crippen molar-refractivity contribution in [2.24, 2.45) is 5.92 Å². The molecule has 21 heavy (non-hydrogen) atoms. The molecule has 2 atom stereocenters. The van der Waals surface area contributed by atoms with Crippen LogP contribution in [0.25, 0.3) is 6.08 Å². The van der Waals surface area contributed by atoms with Crippen LogP contribution in [0, 0.1) is 5.92 Å². The number of hydrogen-bond donors (Lipinski definition) is 1. The summed E-state index contributed by atoms with van der Waals surface area (Å²) < 4.78 is 5.69. The third-order valence-corrected chi connectivity index (χ3v) is 4.09. The Kier molecular flexibility index (Phi) is 3.57. The number of amides is 1. The highest BCUT2D eigenvalue weighted by Crippen LogP contribution is 2.47. The van der Waals surface area contributed by atoms with Crippen LogP contribution in [0.4, 0.5) is 0 Å². The third-order valence-electron chi connectivity index (χ3n) is 4.09. The van der Waals surface area contributed by atoms with Crippen molar-refractivity contribution in [3.8, 4) is 0 Å². The number of carboxylic acid groups (broad SMARTS) is 1. The van der Waals surface area contributed by atoms with Crippen molar-refractivity contribution in [1.82, 2.24) is 4.90 Å². The first-order valence-corrected chi connectivity index (χ1v) is 7.35. The van der Waals surface area contributed by atoms with Crippen molar-refractivity contribution < 1.29 is 19.1 Å². The highest BCUT2D eigenvalue weighted by molar-refractivity contribution is 5.93. The molecule has 0 saturated heterocycles. The molecule has 2 fully saturated rings. The molecule has 5 nitrogen and oxygen atoms in total. The van der Waals surface area contributed by atoms with Gasteiger partial charge in [-0.05, 0) is 43.4 Å². The van der Waals surface area contributed by atoms with Gasteiger partial charge in [0.05, 0.1) is 0 Å². The molecule has 1 aromatic heterocycles. The topological polar surface area (TPSA) is 70.8 Å². The molecule has 0 aliphatic heterocycles. The largest absolute Gasteiger partial charge is 0.480 e. The van der Waals surface area contributed by atoms with Crippen LogP contribution in [0.2, 0.25) is 0 Å². The molecular formula is C16H19NO4. The SMILES string of the molecule is CC1CC1c1ccc(C=CC(=O)N(CC(=O)O)C2CC2)o1. The predicted octanol–water partition coefficient (Wildman–Crippen LogP) is 2.49. The molecule has 0 spiro atoms. The smallest absolute Gasteiger partial charge is 0.323 e. The summed E-state index contributed by atoms with van der Waals surface area (Å²) in [7, 11) is 0. The van der Waals surface area contributed by atoms with Crippen LogP contribution in [-0.2, 0) is 9.59 Å². The van der Waals surface area contributed by atoms with Gasteiger partial charge in [-0.3, -0.25) is 9.59 Å². The van der Waals surface area contributed by atoms with E-state index in [4.69, 9.17) is 9.52 Å². The minimum Gasteiger partial charge on any atom is -0.480 e. The Balaban J connectivity index is 1.62. The van der Waals surface area contributed by atoms with Gasteiger partial charge in [0.25, 0.3) is 0 Å². The van der Waals surface area contributed by atoms with E-state index in [0.29, 0.717) is 17.6 Å². The first-order valence-electron chi connectivity index (χ1n) is 7.35. The summed E-state index contributed by atoms with van der Waals surface area (Å²) in [6, 6.07) is 3.88. The van der Waals surface area contributed by atoms with Crippen LogP contribution in [-0.4, -0.2) is 34.5 Å². The van der Waals surface area contributed by atoms with E-state index in [1.807, 2.05) is 12.1 Å². The van der Waals surface area contributed by atoms with Gasteiger partial charge in [-0.2, -0.15) is 0 Å². The van der Waals surface area contributed by atoms with Crippen molar-refractivity contribution in [2.75, 3.05) is 6.54 Å². The van der Waals surface area contributed by atoms with E-state index in [0.717, 1.165) is 25.0 Å². The van der Waals surface area contributed by atoms with Crippen LogP contribution in [0.15, 0.2) is 22.6 Å². The fourth-order valence-corrected chi connectivity index (χ4v) is 2.54. The molecule has 5 heteroatoms. The Labute approximate surface area is 123 Å². The molecule has 0 aromatic carbocycles. The standard InChI is InChI=1S/C16H19NO4/c1-10-8-13(10)14-6-4-12(21-14)5-7-15(18)17(9-16(19)20)11-2-3-11/h4-7,10-11,13H,2-3,8-9H2,1H3,(H,19,20). The fourth-order valence-electron chi connectivity index (χ4n) is 2.54. The maximum absolute atomic E-state index is 12.1. The van der Waals surface area contributed by atoms with Gasteiger partial charge in [-0.1, -0.05) is 6.92 Å². The van der Waals surface area contributed by atoms with E-state index in [9.17, 15) is 9.59 Å². The van der Waals surface area contributed by atoms with Gasteiger partial charge < -0.3 is 14.4 Å². The first kappa shape index (κ1) is 13.9. The second kappa shape index (κ2) is 5.39. The van der Waals surface area contributed by atoms with Crippen LogP contribution >= 0.6 is 0 Å². The summed E-state index contributed by atoms with van der Waals surface area (Å²) in [4.78, 5) is 24.3. The van der Waals surface area contributed by atoms with E-state index >= 15 is 0 Å². The van der Waals surface area contributed by atoms with Crippen LogP contribution in [0.5, 0.6) is 0 Å². The zero-order chi connectivity index (χ0) is 15.0. The lowest BCUT2D eigenvalue weighted by atomic mass is 10.3. The zero-order valence-electron chi connectivity index (χ0n) is 12.0. The molecule has 1 aromatic rings. The van der Waals surface area contributed by atoms with Gasteiger partial charge in [0.1, 0.15) is 18.1 Å². The average Bonchev–Trinajstić information content (AvgIpc) is 3.34. The van der Waals surface area contributed by atoms with Gasteiger partial charge >= 0.3 is 5.97 Å². The molecule has 1 heterocycles. The van der Waals surface area contributed by atoms with Crippen molar-refractivity contribution in [3.05, 3.63) is 29.7 Å². The first-order chi connectivity index (χ1) is 10.0. The Morgan fingerprint density at radius 3 is 2.71 bits per heavy atom. The van der Waals surface area contributed by atoms with Gasteiger partial charge in [-0.25, -0.2) is 0 Å². The third kappa shape index (κ3) is 3.35. The van der Waals surface area contributed by atoms with Crippen molar-refractivity contribution in [1.29, 1.82) is 0 Å². The molecule has 112 valence electrons. The summed E-state index contributed by atoms with van der Waals surface area (Å²) in [5.41, 5.74) is 0. The lowest BCUT2D eigenvalue weighted by Crippen LogP contribution is -2.36. The Bertz CT molecular complexity index is 585. The number of aliphatic carboxylic acids is 1. The maximum Gasteiger partial charge on any atom is 0.323 e. The number of carbonyl (C=O) groups excluding carboxylic acids is 1. The second-order valence-corrected chi connectivity index (χ2v) is 5.98. The Morgan fingerprint density at radius 1 is 1.43 bits per heavy atom. The molecule has 2 saturated carbocycles. The number of rotatable bonds is 6. The quantitative estimate of drug-likeness (QED) is 0.817. The second-order valence-electron chi connectivity index (χ2n) is 5.98. The monoisotopic (exact) mass is 289 g/mol. The van der Waals surface area contributed by atoms with E-state index in [2.05, 4.69) is 6.92 Å². The maximum atomic E-state index is 12.1. The predicted molar refractivity (Wildman–Crippen MR) is 76.6 cm³/mol. The minimum absolute atomic E-state index is 0.0812. The fraction of sp³-hybridized carbons (Fsp3) is 0.500. The van der Waals surface area contributed by atoms with Crippen molar-refractivity contribution >= 4 is 18.0 Å². The van der Waals surface area contributed by atoms with E-state index in [1.54, 1.807) is 6.08 Å². The highest BCUT2D eigenvalue weighted by atomic mass is 16.4. The summed E-state index contributed by atoms with van der Waals surface area (Å²) in [6.07, 6.45) is 5.95. The number of carboxylic acids is 1.